The number of aliphatic hydroxyl groups is 2. The van der Waals surface area contributed by atoms with E-state index in [-0.39, 0.29) is 13.2 Å². The maximum absolute atomic E-state index is 11.2. The Bertz CT molecular complexity index is 554. The first-order valence-corrected chi connectivity index (χ1v) is 6.68. The normalized spacial score (nSPS) is 15.1. The fourth-order valence-electron chi connectivity index (χ4n) is 2.10. The molecule has 1 heterocycles. The van der Waals surface area contributed by atoms with E-state index in [0.717, 1.165) is 0 Å². The SMILES string of the molecule is CC(C)(CO)C(O)(Cn1cncn1)c1ccc(Cl)cc1. The molecule has 0 spiro atoms. The van der Waals surface area contributed by atoms with Crippen molar-refractivity contribution in [1.82, 2.24) is 14.8 Å². The van der Waals surface area contributed by atoms with Crippen LogP contribution in [0.1, 0.15) is 19.4 Å². The van der Waals surface area contributed by atoms with Gasteiger partial charge in [0.1, 0.15) is 18.3 Å². The molecule has 0 aliphatic carbocycles. The van der Waals surface area contributed by atoms with Crippen molar-refractivity contribution in [2.75, 3.05) is 6.61 Å². The van der Waals surface area contributed by atoms with Gasteiger partial charge in [-0.05, 0) is 17.7 Å². The minimum Gasteiger partial charge on any atom is -0.396 e. The molecule has 108 valence electrons. The fourth-order valence-corrected chi connectivity index (χ4v) is 2.23. The van der Waals surface area contributed by atoms with Gasteiger partial charge in [-0.1, -0.05) is 37.6 Å². The summed E-state index contributed by atoms with van der Waals surface area (Å²) < 4.78 is 1.55. The summed E-state index contributed by atoms with van der Waals surface area (Å²) >= 11 is 5.89. The number of aliphatic hydroxyl groups excluding tert-OH is 1. The third-order valence-electron chi connectivity index (χ3n) is 3.69. The molecule has 5 nitrogen and oxygen atoms in total. The highest BCUT2D eigenvalue weighted by Crippen LogP contribution is 2.40. The number of nitrogens with zero attached hydrogens (tertiary/aromatic N) is 3. The molecule has 0 radical (unpaired) electrons. The number of hydrogen-bond acceptors (Lipinski definition) is 4. The van der Waals surface area contributed by atoms with E-state index in [0.29, 0.717) is 10.6 Å². The van der Waals surface area contributed by atoms with Crippen molar-refractivity contribution in [1.29, 1.82) is 0 Å². The van der Waals surface area contributed by atoms with Gasteiger partial charge in [0.15, 0.2) is 0 Å². The van der Waals surface area contributed by atoms with Crippen LogP contribution in [0.3, 0.4) is 0 Å². The van der Waals surface area contributed by atoms with Gasteiger partial charge in [-0.3, -0.25) is 0 Å². The van der Waals surface area contributed by atoms with Crippen molar-refractivity contribution in [3.05, 3.63) is 47.5 Å². The van der Waals surface area contributed by atoms with Crippen LogP contribution < -0.4 is 0 Å². The molecule has 1 aromatic heterocycles. The zero-order valence-corrected chi connectivity index (χ0v) is 12.2. The molecule has 6 heteroatoms. The average Bonchev–Trinajstić information content (AvgIpc) is 2.91. The zero-order valence-electron chi connectivity index (χ0n) is 11.5. The monoisotopic (exact) mass is 295 g/mol. The lowest BCUT2D eigenvalue weighted by Gasteiger charge is -2.41. The van der Waals surface area contributed by atoms with E-state index in [1.165, 1.54) is 12.7 Å². The molecule has 2 rings (SSSR count). The Morgan fingerprint density at radius 3 is 2.40 bits per heavy atom. The van der Waals surface area contributed by atoms with Gasteiger partial charge in [-0.25, -0.2) is 9.67 Å². The Morgan fingerprint density at radius 1 is 1.25 bits per heavy atom. The Labute approximate surface area is 122 Å². The third kappa shape index (κ3) is 2.70. The molecular weight excluding hydrogens is 278 g/mol. The zero-order chi connectivity index (χ0) is 14.8. The highest BCUT2D eigenvalue weighted by atomic mass is 35.5. The van der Waals surface area contributed by atoms with Crippen molar-refractivity contribution in [2.24, 2.45) is 5.41 Å². The van der Waals surface area contributed by atoms with Crippen LogP contribution in [0.2, 0.25) is 5.02 Å². The first kappa shape index (κ1) is 15.0. The van der Waals surface area contributed by atoms with E-state index in [1.807, 2.05) is 0 Å². The Morgan fingerprint density at radius 2 is 1.90 bits per heavy atom. The Hall–Kier alpha value is -1.43. The lowest BCUT2D eigenvalue weighted by atomic mass is 9.71. The van der Waals surface area contributed by atoms with Gasteiger partial charge in [-0.2, -0.15) is 5.10 Å². The quantitative estimate of drug-likeness (QED) is 0.883. The van der Waals surface area contributed by atoms with Crippen LogP contribution >= 0.6 is 11.6 Å². The van der Waals surface area contributed by atoms with E-state index < -0.39 is 11.0 Å². The predicted octanol–water partition coefficient (Wildman–Crippen LogP) is 1.84. The van der Waals surface area contributed by atoms with Gasteiger partial charge in [-0.15, -0.1) is 0 Å². The summed E-state index contributed by atoms with van der Waals surface area (Å²) in [4.78, 5) is 3.88. The molecule has 0 amide bonds. The van der Waals surface area contributed by atoms with E-state index in [4.69, 9.17) is 11.6 Å². The Balaban J connectivity index is 2.45. The summed E-state index contributed by atoms with van der Waals surface area (Å²) in [5.74, 6) is 0. The van der Waals surface area contributed by atoms with Crippen LogP contribution in [0.15, 0.2) is 36.9 Å². The van der Waals surface area contributed by atoms with Crippen LogP contribution in [-0.4, -0.2) is 31.6 Å². The van der Waals surface area contributed by atoms with E-state index in [9.17, 15) is 10.2 Å². The molecule has 1 unspecified atom stereocenters. The van der Waals surface area contributed by atoms with Crippen molar-refractivity contribution in [3.63, 3.8) is 0 Å². The van der Waals surface area contributed by atoms with Gasteiger partial charge < -0.3 is 10.2 Å². The van der Waals surface area contributed by atoms with Crippen molar-refractivity contribution < 1.29 is 10.2 Å². The summed E-state index contributed by atoms with van der Waals surface area (Å²) in [6, 6.07) is 6.96. The van der Waals surface area contributed by atoms with Crippen molar-refractivity contribution >= 4 is 11.6 Å². The number of halogens is 1. The predicted molar refractivity (Wildman–Crippen MR) is 76.2 cm³/mol. The molecule has 0 aliphatic rings. The lowest BCUT2D eigenvalue weighted by molar-refractivity contribution is -0.110. The topological polar surface area (TPSA) is 71.2 Å². The fraction of sp³-hybridized carbons (Fsp3) is 0.429. The summed E-state index contributed by atoms with van der Waals surface area (Å²) in [6.07, 6.45) is 2.95. The molecule has 0 saturated carbocycles. The first-order valence-electron chi connectivity index (χ1n) is 6.31. The number of aromatic nitrogens is 3. The van der Waals surface area contributed by atoms with Gasteiger partial charge in [0.2, 0.25) is 0 Å². The molecule has 0 fully saturated rings. The smallest absolute Gasteiger partial charge is 0.137 e. The number of rotatable bonds is 5. The van der Waals surface area contributed by atoms with Crippen LogP contribution in [0, 0.1) is 5.41 Å². The second-order valence-corrected chi connectivity index (χ2v) is 5.94. The van der Waals surface area contributed by atoms with Gasteiger partial charge >= 0.3 is 0 Å². The summed E-state index contributed by atoms with van der Waals surface area (Å²) in [5.41, 5.74) is -1.37. The standard InChI is InChI=1S/C14H18ClN3O2/c1-13(2,8-19)14(20,7-18-10-16-9-17-18)11-3-5-12(15)6-4-11/h3-6,9-10,19-20H,7-8H2,1-2H3. The number of benzene rings is 1. The second-order valence-electron chi connectivity index (χ2n) is 5.50. The second kappa shape index (κ2) is 5.52. The van der Waals surface area contributed by atoms with Crippen LogP contribution in [0.5, 0.6) is 0 Å². The van der Waals surface area contributed by atoms with E-state index in [2.05, 4.69) is 10.1 Å². The molecule has 0 aliphatic heterocycles. The molecule has 0 saturated heterocycles. The molecule has 0 bridgehead atoms. The maximum atomic E-state index is 11.2. The van der Waals surface area contributed by atoms with Crippen LogP contribution in [0.4, 0.5) is 0 Å². The van der Waals surface area contributed by atoms with Crippen molar-refractivity contribution in [2.45, 2.75) is 26.0 Å². The molecule has 20 heavy (non-hydrogen) atoms. The summed E-state index contributed by atoms with van der Waals surface area (Å²) in [5, 5.41) is 25.5. The lowest BCUT2D eigenvalue weighted by Crippen LogP contribution is -2.47. The van der Waals surface area contributed by atoms with E-state index >= 15 is 0 Å². The van der Waals surface area contributed by atoms with Crippen LogP contribution in [-0.2, 0) is 12.1 Å². The minimum atomic E-state index is -1.29. The van der Waals surface area contributed by atoms with Crippen LogP contribution in [0.25, 0.3) is 0 Å². The minimum absolute atomic E-state index is 0.166. The molecule has 2 N–H and O–H groups in total. The Kier molecular flexibility index (Phi) is 4.13. The van der Waals surface area contributed by atoms with Gasteiger partial charge in [0.05, 0.1) is 13.2 Å². The third-order valence-corrected chi connectivity index (χ3v) is 3.95. The molecule has 2 aromatic rings. The van der Waals surface area contributed by atoms with E-state index in [1.54, 1.807) is 42.8 Å². The highest BCUT2D eigenvalue weighted by molar-refractivity contribution is 6.30. The van der Waals surface area contributed by atoms with Gasteiger partial charge in [0, 0.05) is 10.4 Å². The molecular formula is C14H18ClN3O2. The first-order chi connectivity index (χ1) is 9.39. The average molecular weight is 296 g/mol. The summed E-state index contributed by atoms with van der Waals surface area (Å²) in [6.45, 7) is 3.64. The highest BCUT2D eigenvalue weighted by Gasteiger charge is 2.45. The maximum Gasteiger partial charge on any atom is 0.137 e. The summed E-state index contributed by atoms with van der Waals surface area (Å²) in [7, 11) is 0. The molecule has 1 atom stereocenters. The van der Waals surface area contributed by atoms with Crippen molar-refractivity contribution in [3.8, 4) is 0 Å². The van der Waals surface area contributed by atoms with Gasteiger partial charge in [0.25, 0.3) is 0 Å². The molecule has 1 aromatic carbocycles. The number of hydrogen-bond donors (Lipinski definition) is 2. The largest absolute Gasteiger partial charge is 0.396 e.